The number of ether oxygens (including phenoxy) is 1. The van der Waals surface area contributed by atoms with Crippen molar-refractivity contribution in [1.29, 1.82) is 0 Å². The van der Waals surface area contributed by atoms with Crippen molar-refractivity contribution in [3.8, 4) is 5.75 Å². The van der Waals surface area contributed by atoms with E-state index in [1.165, 1.54) is 0 Å². The summed E-state index contributed by atoms with van der Waals surface area (Å²) in [7, 11) is 0. The van der Waals surface area contributed by atoms with Crippen molar-refractivity contribution in [1.82, 2.24) is 4.90 Å². The van der Waals surface area contributed by atoms with E-state index in [-0.39, 0.29) is 18.6 Å². The number of rotatable bonds is 3. The summed E-state index contributed by atoms with van der Waals surface area (Å²) in [6, 6.07) is 5.96. The van der Waals surface area contributed by atoms with Gasteiger partial charge in [-0.05, 0) is 43.9 Å². The first-order valence-corrected chi connectivity index (χ1v) is 6.72. The summed E-state index contributed by atoms with van der Waals surface area (Å²) in [5, 5.41) is 9.41. The van der Waals surface area contributed by atoms with E-state index in [0.717, 1.165) is 16.9 Å². The molecule has 4 nitrogen and oxygen atoms in total. The van der Waals surface area contributed by atoms with Crippen LogP contribution in [-0.4, -0.2) is 41.7 Å². The van der Waals surface area contributed by atoms with Crippen LogP contribution in [0.25, 0.3) is 0 Å². The van der Waals surface area contributed by atoms with Crippen LogP contribution in [0.5, 0.6) is 5.75 Å². The largest absolute Gasteiger partial charge is 0.483 e. The molecule has 0 aromatic heterocycles. The third-order valence-electron chi connectivity index (χ3n) is 3.51. The predicted molar refractivity (Wildman–Crippen MR) is 73.2 cm³/mol. The van der Waals surface area contributed by atoms with Gasteiger partial charge in [0.25, 0.3) is 5.91 Å². The molecule has 1 aliphatic heterocycles. The van der Waals surface area contributed by atoms with Gasteiger partial charge in [0.15, 0.2) is 6.61 Å². The molecule has 1 saturated heterocycles. The smallest absolute Gasteiger partial charge is 0.260 e. The van der Waals surface area contributed by atoms with Gasteiger partial charge in [-0.2, -0.15) is 0 Å². The molecule has 0 radical (unpaired) electrons. The average Bonchev–Trinajstić information content (AvgIpc) is 2.40. The Balaban J connectivity index is 1.88. The Morgan fingerprint density at radius 1 is 1.37 bits per heavy atom. The number of carbonyl (C=O) groups is 1. The van der Waals surface area contributed by atoms with E-state index < -0.39 is 0 Å². The first-order valence-electron chi connectivity index (χ1n) is 6.72. The third kappa shape index (κ3) is 3.70. The number of hydrogen-bond donors (Lipinski definition) is 1. The van der Waals surface area contributed by atoms with Crippen LogP contribution in [0, 0.1) is 13.8 Å². The predicted octanol–water partition coefficient (Wildman–Crippen LogP) is 1.67. The summed E-state index contributed by atoms with van der Waals surface area (Å²) in [5.74, 6) is 0.762. The van der Waals surface area contributed by atoms with Crippen LogP contribution in [0.4, 0.5) is 0 Å². The highest BCUT2D eigenvalue weighted by molar-refractivity contribution is 5.77. The third-order valence-corrected chi connectivity index (χ3v) is 3.51. The number of piperidine rings is 1. The van der Waals surface area contributed by atoms with Crippen LogP contribution >= 0.6 is 0 Å². The van der Waals surface area contributed by atoms with Crippen molar-refractivity contribution >= 4 is 5.91 Å². The molecule has 1 heterocycles. The normalized spacial score (nSPS) is 16.5. The lowest BCUT2D eigenvalue weighted by Crippen LogP contribution is -2.42. The monoisotopic (exact) mass is 263 g/mol. The summed E-state index contributed by atoms with van der Waals surface area (Å²) < 4.78 is 5.61. The highest BCUT2D eigenvalue weighted by atomic mass is 16.5. The maximum Gasteiger partial charge on any atom is 0.260 e. The number of aliphatic hydroxyl groups excluding tert-OH is 1. The van der Waals surface area contributed by atoms with Crippen molar-refractivity contribution in [3.05, 3.63) is 29.3 Å². The van der Waals surface area contributed by atoms with Crippen LogP contribution in [-0.2, 0) is 4.79 Å². The lowest BCUT2D eigenvalue weighted by molar-refractivity contribution is -0.135. The highest BCUT2D eigenvalue weighted by Crippen LogP contribution is 2.19. The molecule has 4 heteroatoms. The minimum absolute atomic E-state index is 0.00666. The van der Waals surface area contributed by atoms with Crippen LogP contribution in [0.3, 0.4) is 0 Å². The number of aliphatic hydroxyl groups is 1. The van der Waals surface area contributed by atoms with Gasteiger partial charge in [0, 0.05) is 13.1 Å². The number of benzene rings is 1. The molecule has 0 atom stereocenters. The fourth-order valence-corrected chi connectivity index (χ4v) is 2.21. The van der Waals surface area contributed by atoms with Crippen LogP contribution < -0.4 is 4.74 Å². The van der Waals surface area contributed by atoms with E-state index >= 15 is 0 Å². The molecule has 1 N–H and O–H groups in total. The summed E-state index contributed by atoms with van der Waals surface area (Å²) >= 11 is 0. The Morgan fingerprint density at radius 2 is 2.05 bits per heavy atom. The van der Waals surface area contributed by atoms with E-state index in [0.29, 0.717) is 25.9 Å². The zero-order chi connectivity index (χ0) is 13.8. The van der Waals surface area contributed by atoms with Crippen LogP contribution in [0.1, 0.15) is 24.0 Å². The molecule has 1 aliphatic rings. The summed E-state index contributed by atoms with van der Waals surface area (Å²) in [5.41, 5.74) is 2.15. The van der Waals surface area contributed by atoms with Gasteiger partial charge in [-0.1, -0.05) is 12.1 Å². The Morgan fingerprint density at radius 3 is 2.74 bits per heavy atom. The van der Waals surface area contributed by atoms with Crippen molar-refractivity contribution in [3.63, 3.8) is 0 Å². The molecular weight excluding hydrogens is 242 g/mol. The highest BCUT2D eigenvalue weighted by Gasteiger charge is 2.21. The van der Waals surface area contributed by atoms with Crippen molar-refractivity contribution in [2.75, 3.05) is 19.7 Å². The molecule has 104 valence electrons. The second-order valence-corrected chi connectivity index (χ2v) is 5.17. The Bertz CT molecular complexity index is 451. The van der Waals surface area contributed by atoms with E-state index in [9.17, 15) is 9.90 Å². The van der Waals surface area contributed by atoms with Crippen molar-refractivity contribution in [2.24, 2.45) is 0 Å². The summed E-state index contributed by atoms with van der Waals surface area (Å²) in [6.45, 7) is 5.28. The lowest BCUT2D eigenvalue weighted by Gasteiger charge is -2.29. The first-order chi connectivity index (χ1) is 9.06. The minimum Gasteiger partial charge on any atom is -0.483 e. The molecule has 0 unspecified atom stereocenters. The van der Waals surface area contributed by atoms with Crippen LogP contribution in [0.15, 0.2) is 18.2 Å². The number of amides is 1. The van der Waals surface area contributed by atoms with Crippen molar-refractivity contribution < 1.29 is 14.6 Å². The number of hydrogen-bond acceptors (Lipinski definition) is 3. The lowest BCUT2D eigenvalue weighted by atomic mass is 10.1. The molecule has 0 bridgehead atoms. The molecule has 0 saturated carbocycles. The van der Waals surface area contributed by atoms with Crippen molar-refractivity contribution in [2.45, 2.75) is 32.8 Å². The maximum atomic E-state index is 12.0. The fraction of sp³-hybridized carbons (Fsp3) is 0.533. The SMILES string of the molecule is Cc1ccc(C)c(OCC(=O)N2CCC(O)CC2)c1. The second kappa shape index (κ2) is 6.06. The van der Waals surface area contributed by atoms with E-state index in [1.54, 1.807) is 4.90 Å². The molecule has 0 spiro atoms. The zero-order valence-electron chi connectivity index (χ0n) is 11.6. The zero-order valence-corrected chi connectivity index (χ0v) is 11.6. The quantitative estimate of drug-likeness (QED) is 0.902. The Kier molecular flexibility index (Phi) is 4.43. The second-order valence-electron chi connectivity index (χ2n) is 5.17. The Hall–Kier alpha value is -1.55. The van der Waals surface area contributed by atoms with Crippen LogP contribution in [0.2, 0.25) is 0 Å². The van der Waals surface area contributed by atoms with Gasteiger partial charge in [0.1, 0.15) is 5.75 Å². The standard InChI is InChI=1S/C15H21NO3/c1-11-3-4-12(2)14(9-11)19-10-15(18)16-7-5-13(17)6-8-16/h3-4,9,13,17H,5-8,10H2,1-2H3. The molecule has 19 heavy (non-hydrogen) atoms. The molecule has 1 aromatic carbocycles. The molecule has 1 aromatic rings. The van der Waals surface area contributed by atoms with Gasteiger partial charge in [-0.25, -0.2) is 0 Å². The van der Waals surface area contributed by atoms with Gasteiger partial charge in [-0.3, -0.25) is 4.79 Å². The van der Waals surface area contributed by atoms with E-state index in [1.807, 2.05) is 32.0 Å². The summed E-state index contributed by atoms with van der Waals surface area (Å²) in [4.78, 5) is 13.8. The van der Waals surface area contributed by atoms with E-state index in [2.05, 4.69) is 0 Å². The molecule has 1 fully saturated rings. The van der Waals surface area contributed by atoms with E-state index in [4.69, 9.17) is 4.74 Å². The topological polar surface area (TPSA) is 49.8 Å². The number of aryl methyl sites for hydroxylation is 2. The number of carbonyl (C=O) groups excluding carboxylic acids is 1. The molecule has 0 aliphatic carbocycles. The fourth-order valence-electron chi connectivity index (χ4n) is 2.21. The first kappa shape index (κ1) is 13.9. The average molecular weight is 263 g/mol. The summed E-state index contributed by atoms with van der Waals surface area (Å²) in [6.07, 6.45) is 1.06. The van der Waals surface area contributed by atoms with Gasteiger partial charge in [0.2, 0.25) is 0 Å². The number of nitrogens with zero attached hydrogens (tertiary/aromatic N) is 1. The maximum absolute atomic E-state index is 12.0. The Labute approximate surface area is 114 Å². The molecular formula is C15H21NO3. The van der Waals surface area contributed by atoms with Gasteiger partial charge >= 0.3 is 0 Å². The minimum atomic E-state index is -0.260. The number of likely N-dealkylation sites (tertiary alicyclic amines) is 1. The van der Waals surface area contributed by atoms with Gasteiger partial charge in [-0.15, -0.1) is 0 Å². The van der Waals surface area contributed by atoms with Gasteiger partial charge < -0.3 is 14.7 Å². The molecule has 1 amide bonds. The molecule has 2 rings (SSSR count). The van der Waals surface area contributed by atoms with Gasteiger partial charge in [0.05, 0.1) is 6.10 Å².